The summed E-state index contributed by atoms with van der Waals surface area (Å²) >= 11 is 5.75. The largest absolute Gasteiger partial charge is 0.388 e. The molecule has 0 saturated heterocycles. The Kier molecular flexibility index (Phi) is 4.49. The lowest BCUT2D eigenvalue weighted by molar-refractivity contribution is 0.180. The van der Waals surface area contributed by atoms with E-state index in [1.54, 1.807) is 30.3 Å². The predicted octanol–water partition coefficient (Wildman–Crippen LogP) is 2.83. The molecule has 0 aromatic heterocycles. The number of anilines is 1. The van der Waals surface area contributed by atoms with Gasteiger partial charge in [0.05, 0.1) is 11.0 Å². The third kappa shape index (κ3) is 3.53. The fourth-order valence-electron chi connectivity index (χ4n) is 2.60. The minimum absolute atomic E-state index is 0.0616. The van der Waals surface area contributed by atoms with Crippen LogP contribution < -0.4 is 10.0 Å². The van der Waals surface area contributed by atoms with Crippen LogP contribution in [0.2, 0.25) is 5.02 Å². The summed E-state index contributed by atoms with van der Waals surface area (Å²) in [4.78, 5) is 11.8. The van der Waals surface area contributed by atoms with Crippen LogP contribution in [0.15, 0.2) is 47.4 Å². The number of halogens is 1. The molecule has 0 radical (unpaired) electrons. The summed E-state index contributed by atoms with van der Waals surface area (Å²) in [5, 5.41) is 12.8. The number of fused-ring (bicyclic) bond motifs is 1. The number of carbonyl (C=O) groups excluding carboxylic acids is 1. The lowest BCUT2D eigenvalue weighted by Gasteiger charge is -2.11. The van der Waals surface area contributed by atoms with Gasteiger partial charge in [0, 0.05) is 10.7 Å². The second-order valence-corrected chi connectivity index (χ2v) is 7.60. The highest BCUT2D eigenvalue weighted by Crippen LogP contribution is 2.32. The van der Waals surface area contributed by atoms with E-state index in [-0.39, 0.29) is 4.90 Å². The molecule has 24 heavy (non-hydrogen) atoms. The smallest absolute Gasteiger partial charge is 0.333 e. The monoisotopic (exact) mass is 366 g/mol. The van der Waals surface area contributed by atoms with Gasteiger partial charge in [0.25, 0.3) is 10.0 Å². The van der Waals surface area contributed by atoms with Gasteiger partial charge in [0.15, 0.2) is 0 Å². The van der Waals surface area contributed by atoms with E-state index < -0.39 is 22.2 Å². The Labute approximate surface area is 144 Å². The standard InChI is InChI=1S/C16H15ClN2O4S/c17-11-3-5-12(6-4-11)18-16(21)19-24(22,23)13-7-1-10-2-8-15(20)14(10)9-13/h1,3-7,9,15,20H,2,8H2,(H2,18,19,21). The first-order valence-electron chi connectivity index (χ1n) is 7.25. The van der Waals surface area contributed by atoms with Gasteiger partial charge in [-0.15, -0.1) is 0 Å². The van der Waals surface area contributed by atoms with E-state index in [0.29, 0.717) is 29.1 Å². The minimum Gasteiger partial charge on any atom is -0.388 e. The molecule has 2 aromatic rings. The van der Waals surface area contributed by atoms with Crippen LogP contribution >= 0.6 is 11.6 Å². The van der Waals surface area contributed by atoms with Gasteiger partial charge in [-0.2, -0.15) is 0 Å². The Morgan fingerprint density at radius 1 is 1.17 bits per heavy atom. The first-order chi connectivity index (χ1) is 11.3. The molecule has 3 N–H and O–H groups in total. The summed E-state index contributed by atoms with van der Waals surface area (Å²) in [7, 11) is -4.03. The maximum absolute atomic E-state index is 12.3. The van der Waals surface area contributed by atoms with Gasteiger partial charge in [-0.1, -0.05) is 17.7 Å². The van der Waals surface area contributed by atoms with Gasteiger partial charge in [0.1, 0.15) is 0 Å². The number of rotatable bonds is 3. The van der Waals surface area contributed by atoms with Crippen LogP contribution in [0, 0.1) is 0 Å². The number of amides is 2. The molecule has 1 aliphatic carbocycles. The second-order valence-electron chi connectivity index (χ2n) is 5.48. The molecule has 0 bridgehead atoms. The van der Waals surface area contributed by atoms with Gasteiger partial charge in [-0.25, -0.2) is 17.9 Å². The number of hydrogen-bond donors (Lipinski definition) is 3. The lowest BCUT2D eigenvalue weighted by Crippen LogP contribution is -2.34. The molecule has 1 aliphatic rings. The number of carbonyl (C=O) groups is 1. The van der Waals surface area contributed by atoms with Crippen molar-refractivity contribution in [1.82, 2.24) is 4.72 Å². The first kappa shape index (κ1) is 16.8. The molecule has 8 heteroatoms. The maximum atomic E-state index is 12.3. The van der Waals surface area contributed by atoms with E-state index in [2.05, 4.69) is 5.32 Å². The number of hydrogen-bond acceptors (Lipinski definition) is 4. The molecular formula is C16H15ClN2O4S. The van der Waals surface area contributed by atoms with Crippen LogP contribution in [0.4, 0.5) is 10.5 Å². The molecule has 0 spiro atoms. The molecule has 0 aliphatic heterocycles. The average Bonchev–Trinajstić information content (AvgIpc) is 2.90. The van der Waals surface area contributed by atoms with Gasteiger partial charge in [0.2, 0.25) is 0 Å². The van der Waals surface area contributed by atoms with E-state index in [0.717, 1.165) is 5.56 Å². The Morgan fingerprint density at radius 2 is 1.88 bits per heavy atom. The van der Waals surface area contributed by atoms with Crippen molar-refractivity contribution in [3.8, 4) is 0 Å². The molecule has 126 valence electrons. The summed E-state index contributed by atoms with van der Waals surface area (Å²) in [5.74, 6) is 0. The molecule has 0 fully saturated rings. The van der Waals surface area contributed by atoms with E-state index in [4.69, 9.17) is 11.6 Å². The molecule has 0 saturated carbocycles. The van der Waals surface area contributed by atoms with Crippen molar-refractivity contribution < 1.29 is 18.3 Å². The van der Waals surface area contributed by atoms with Crippen LogP contribution in [-0.4, -0.2) is 19.6 Å². The van der Waals surface area contributed by atoms with Crippen molar-refractivity contribution in [2.75, 3.05) is 5.32 Å². The third-order valence-corrected chi connectivity index (χ3v) is 5.38. The molecule has 2 aromatic carbocycles. The summed E-state index contributed by atoms with van der Waals surface area (Å²) in [6.07, 6.45) is 0.614. The Bertz CT molecular complexity index is 881. The molecule has 1 unspecified atom stereocenters. The van der Waals surface area contributed by atoms with Crippen molar-refractivity contribution >= 4 is 33.3 Å². The highest BCUT2D eigenvalue weighted by molar-refractivity contribution is 7.90. The number of urea groups is 1. The van der Waals surface area contributed by atoms with Crippen LogP contribution in [0.3, 0.4) is 0 Å². The van der Waals surface area contributed by atoms with Gasteiger partial charge < -0.3 is 10.4 Å². The zero-order valence-corrected chi connectivity index (χ0v) is 14.1. The number of sulfonamides is 1. The number of aryl methyl sites for hydroxylation is 1. The zero-order chi connectivity index (χ0) is 17.3. The fraction of sp³-hybridized carbons (Fsp3) is 0.188. The highest BCUT2D eigenvalue weighted by Gasteiger charge is 2.24. The highest BCUT2D eigenvalue weighted by atomic mass is 35.5. The van der Waals surface area contributed by atoms with Crippen molar-refractivity contribution in [3.05, 3.63) is 58.6 Å². The van der Waals surface area contributed by atoms with E-state index in [9.17, 15) is 18.3 Å². The SMILES string of the molecule is O=C(Nc1ccc(Cl)cc1)NS(=O)(=O)c1ccc2c(c1)C(O)CC2. The summed E-state index contributed by atoms with van der Waals surface area (Å²) < 4.78 is 26.6. The topological polar surface area (TPSA) is 95.5 Å². The summed E-state index contributed by atoms with van der Waals surface area (Å²) in [6.45, 7) is 0. The van der Waals surface area contributed by atoms with Gasteiger partial charge in [-0.3, -0.25) is 0 Å². The van der Waals surface area contributed by atoms with Crippen LogP contribution in [0.1, 0.15) is 23.7 Å². The maximum Gasteiger partial charge on any atom is 0.333 e. The van der Waals surface area contributed by atoms with Crippen LogP contribution in [-0.2, 0) is 16.4 Å². The lowest BCUT2D eigenvalue weighted by atomic mass is 10.1. The molecule has 3 rings (SSSR count). The van der Waals surface area contributed by atoms with Gasteiger partial charge in [-0.05, 0) is 60.4 Å². The molecule has 6 nitrogen and oxygen atoms in total. The van der Waals surface area contributed by atoms with Crippen molar-refractivity contribution in [3.63, 3.8) is 0 Å². The minimum atomic E-state index is -4.03. The van der Waals surface area contributed by atoms with Crippen LogP contribution in [0.25, 0.3) is 0 Å². The molecular weight excluding hydrogens is 352 g/mol. The third-order valence-electron chi connectivity index (χ3n) is 3.80. The Morgan fingerprint density at radius 3 is 2.58 bits per heavy atom. The molecule has 2 amide bonds. The molecule has 0 heterocycles. The van der Waals surface area contributed by atoms with E-state index in [1.807, 2.05) is 4.72 Å². The number of benzene rings is 2. The fourth-order valence-corrected chi connectivity index (χ4v) is 3.66. The number of nitrogens with one attached hydrogen (secondary N) is 2. The normalized spacial score (nSPS) is 16.5. The van der Waals surface area contributed by atoms with Crippen molar-refractivity contribution in [2.45, 2.75) is 23.8 Å². The Hall–Kier alpha value is -2.09. The Balaban J connectivity index is 1.75. The summed E-state index contributed by atoms with van der Waals surface area (Å²) in [5.41, 5.74) is 1.93. The summed E-state index contributed by atoms with van der Waals surface area (Å²) in [6, 6.07) is 9.89. The van der Waals surface area contributed by atoms with Crippen molar-refractivity contribution in [1.29, 1.82) is 0 Å². The second kappa shape index (κ2) is 6.43. The van der Waals surface area contributed by atoms with E-state index in [1.165, 1.54) is 12.1 Å². The predicted molar refractivity (Wildman–Crippen MR) is 90.5 cm³/mol. The number of aliphatic hydroxyl groups excluding tert-OH is 1. The zero-order valence-electron chi connectivity index (χ0n) is 12.5. The quantitative estimate of drug-likeness (QED) is 0.778. The van der Waals surface area contributed by atoms with Crippen molar-refractivity contribution in [2.24, 2.45) is 0 Å². The van der Waals surface area contributed by atoms with E-state index >= 15 is 0 Å². The average molecular weight is 367 g/mol. The van der Waals surface area contributed by atoms with Crippen LogP contribution in [0.5, 0.6) is 0 Å². The molecule has 1 atom stereocenters. The number of aliphatic hydroxyl groups is 1. The first-order valence-corrected chi connectivity index (χ1v) is 9.11. The van der Waals surface area contributed by atoms with Gasteiger partial charge >= 0.3 is 6.03 Å².